The van der Waals surface area contributed by atoms with Crippen LogP contribution in [0.2, 0.25) is 0 Å². The number of alkyl halides is 1. The Morgan fingerprint density at radius 1 is 1.46 bits per heavy atom. The summed E-state index contributed by atoms with van der Waals surface area (Å²) in [6.45, 7) is 0.803. The van der Waals surface area contributed by atoms with Gasteiger partial charge in [0.05, 0.1) is 12.4 Å². The molecule has 0 bridgehead atoms. The van der Waals surface area contributed by atoms with Gasteiger partial charge in [0.15, 0.2) is 0 Å². The maximum Gasteiger partial charge on any atom is 0.213 e. The second-order valence-corrected chi connectivity index (χ2v) is 5.25. The van der Waals surface area contributed by atoms with Crippen LogP contribution in [0.4, 0.5) is 0 Å². The lowest BCUT2D eigenvalue weighted by Gasteiger charge is -2.15. The Labute approximate surface area is 84.9 Å². The van der Waals surface area contributed by atoms with Crippen molar-refractivity contribution >= 4 is 21.6 Å². The van der Waals surface area contributed by atoms with Crippen LogP contribution in [-0.4, -0.2) is 51.7 Å². The minimum Gasteiger partial charge on any atom is -0.383 e. The standard InChI is InChI=1S/C7H16ClNO3S/c1-9(5-6-12-2)13(10,11)7-3-4-8/h3-7H2,1-2H3. The van der Waals surface area contributed by atoms with E-state index in [0.717, 1.165) is 0 Å². The van der Waals surface area contributed by atoms with Crippen LogP contribution >= 0.6 is 11.6 Å². The molecule has 0 heterocycles. The van der Waals surface area contributed by atoms with Crippen LogP contribution in [0.15, 0.2) is 0 Å². The van der Waals surface area contributed by atoms with E-state index >= 15 is 0 Å². The van der Waals surface area contributed by atoms with E-state index in [2.05, 4.69) is 0 Å². The summed E-state index contributed by atoms with van der Waals surface area (Å²) in [6, 6.07) is 0. The van der Waals surface area contributed by atoms with Gasteiger partial charge >= 0.3 is 0 Å². The topological polar surface area (TPSA) is 46.6 Å². The average molecular weight is 230 g/mol. The van der Waals surface area contributed by atoms with E-state index < -0.39 is 10.0 Å². The Kier molecular flexibility index (Phi) is 6.67. The fraction of sp³-hybridized carbons (Fsp3) is 1.00. The van der Waals surface area contributed by atoms with E-state index in [1.54, 1.807) is 14.2 Å². The fourth-order valence-electron chi connectivity index (χ4n) is 0.752. The molecule has 0 spiro atoms. The number of ether oxygens (including phenoxy) is 1. The first-order valence-corrected chi connectivity index (χ1v) is 6.18. The van der Waals surface area contributed by atoms with Crippen molar-refractivity contribution in [1.29, 1.82) is 0 Å². The number of hydrogen-bond acceptors (Lipinski definition) is 3. The first-order valence-electron chi connectivity index (χ1n) is 4.03. The van der Waals surface area contributed by atoms with Gasteiger partial charge in [-0.15, -0.1) is 11.6 Å². The highest BCUT2D eigenvalue weighted by molar-refractivity contribution is 7.89. The number of nitrogens with zero attached hydrogens (tertiary/aromatic N) is 1. The van der Waals surface area contributed by atoms with Crippen molar-refractivity contribution in [2.24, 2.45) is 0 Å². The molecule has 0 aromatic carbocycles. The maximum atomic E-state index is 11.4. The molecule has 0 saturated carbocycles. The molecule has 0 aliphatic carbocycles. The zero-order chi connectivity index (χ0) is 10.3. The third-order valence-corrected chi connectivity index (χ3v) is 3.83. The van der Waals surface area contributed by atoms with Crippen LogP contribution in [-0.2, 0) is 14.8 Å². The van der Waals surface area contributed by atoms with Crippen LogP contribution in [0.5, 0.6) is 0 Å². The van der Waals surface area contributed by atoms with Gasteiger partial charge in [0.25, 0.3) is 0 Å². The van der Waals surface area contributed by atoms with Crippen molar-refractivity contribution in [1.82, 2.24) is 4.31 Å². The number of hydrogen-bond donors (Lipinski definition) is 0. The molecule has 0 saturated heterocycles. The predicted octanol–water partition coefficient (Wildman–Crippen LogP) is 0.523. The van der Waals surface area contributed by atoms with Crippen LogP contribution in [0.25, 0.3) is 0 Å². The highest BCUT2D eigenvalue weighted by atomic mass is 35.5. The zero-order valence-electron chi connectivity index (χ0n) is 7.99. The summed E-state index contributed by atoms with van der Waals surface area (Å²) in [4.78, 5) is 0. The fourth-order valence-corrected chi connectivity index (χ4v) is 2.22. The Hall–Kier alpha value is 0.160. The van der Waals surface area contributed by atoms with Gasteiger partial charge in [-0.1, -0.05) is 0 Å². The van der Waals surface area contributed by atoms with Gasteiger partial charge in [0, 0.05) is 26.6 Å². The first-order chi connectivity index (χ1) is 6.04. The molecule has 4 nitrogen and oxygen atoms in total. The molecule has 80 valence electrons. The maximum absolute atomic E-state index is 11.4. The molecule has 0 amide bonds. The minimum atomic E-state index is -3.13. The smallest absolute Gasteiger partial charge is 0.213 e. The molecule has 0 fully saturated rings. The van der Waals surface area contributed by atoms with E-state index in [9.17, 15) is 8.42 Å². The molecule has 6 heteroatoms. The van der Waals surface area contributed by atoms with Crippen LogP contribution in [0.3, 0.4) is 0 Å². The summed E-state index contributed by atoms with van der Waals surface area (Å²) in [5.74, 6) is 0.480. The molecule has 0 rings (SSSR count). The summed E-state index contributed by atoms with van der Waals surface area (Å²) >= 11 is 5.41. The van der Waals surface area contributed by atoms with Crippen LogP contribution in [0.1, 0.15) is 6.42 Å². The van der Waals surface area contributed by atoms with E-state index in [1.165, 1.54) is 4.31 Å². The Balaban J connectivity index is 3.96. The number of rotatable bonds is 7. The second-order valence-electron chi connectivity index (χ2n) is 2.67. The third-order valence-electron chi connectivity index (χ3n) is 1.62. The minimum absolute atomic E-state index is 0.108. The second kappa shape index (κ2) is 6.59. The van der Waals surface area contributed by atoms with Crippen LogP contribution in [0, 0.1) is 0 Å². The molecular formula is C7H16ClNO3S. The van der Waals surface area contributed by atoms with Gasteiger partial charge in [-0.3, -0.25) is 0 Å². The molecule has 0 aliphatic heterocycles. The predicted molar refractivity (Wildman–Crippen MR) is 53.6 cm³/mol. The zero-order valence-corrected chi connectivity index (χ0v) is 9.57. The van der Waals surface area contributed by atoms with Crippen molar-refractivity contribution in [3.63, 3.8) is 0 Å². The van der Waals surface area contributed by atoms with Crippen molar-refractivity contribution in [3.05, 3.63) is 0 Å². The van der Waals surface area contributed by atoms with Crippen molar-refractivity contribution < 1.29 is 13.2 Å². The van der Waals surface area contributed by atoms with Crippen molar-refractivity contribution in [2.75, 3.05) is 38.9 Å². The third kappa shape index (κ3) is 5.46. The summed E-state index contributed by atoms with van der Waals surface area (Å²) in [7, 11) is -0.0407. The largest absolute Gasteiger partial charge is 0.383 e. The van der Waals surface area contributed by atoms with Gasteiger partial charge in [-0.25, -0.2) is 12.7 Å². The normalized spacial score (nSPS) is 12.3. The monoisotopic (exact) mass is 229 g/mol. The molecular weight excluding hydrogens is 214 g/mol. The highest BCUT2D eigenvalue weighted by Gasteiger charge is 2.16. The molecule has 0 aromatic heterocycles. The van der Waals surface area contributed by atoms with Gasteiger partial charge in [-0.05, 0) is 6.42 Å². The number of halogens is 1. The van der Waals surface area contributed by atoms with Crippen molar-refractivity contribution in [3.8, 4) is 0 Å². The van der Waals surface area contributed by atoms with E-state index in [0.29, 0.717) is 25.5 Å². The van der Waals surface area contributed by atoms with Gasteiger partial charge < -0.3 is 4.74 Å². The van der Waals surface area contributed by atoms with Crippen molar-refractivity contribution in [2.45, 2.75) is 6.42 Å². The lowest BCUT2D eigenvalue weighted by atomic mass is 10.6. The molecule has 0 unspecified atom stereocenters. The number of sulfonamides is 1. The van der Waals surface area contributed by atoms with Gasteiger partial charge in [-0.2, -0.15) is 0 Å². The highest BCUT2D eigenvalue weighted by Crippen LogP contribution is 2.00. The quantitative estimate of drug-likeness (QED) is 0.598. The number of methoxy groups -OCH3 is 1. The lowest BCUT2D eigenvalue weighted by Crippen LogP contribution is -2.32. The lowest BCUT2D eigenvalue weighted by molar-refractivity contribution is 0.185. The molecule has 0 aromatic rings. The molecule has 0 radical (unpaired) electrons. The molecule has 0 atom stereocenters. The summed E-state index contributed by atoms with van der Waals surface area (Å²) < 4.78 is 28.9. The van der Waals surface area contributed by atoms with Gasteiger partial charge in [0.1, 0.15) is 0 Å². The van der Waals surface area contributed by atoms with E-state index in [1.807, 2.05) is 0 Å². The van der Waals surface area contributed by atoms with Crippen LogP contribution < -0.4 is 0 Å². The Morgan fingerprint density at radius 3 is 2.54 bits per heavy atom. The summed E-state index contributed by atoms with van der Waals surface area (Å²) in [5, 5.41) is 0. The average Bonchev–Trinajstić information content (AvgIpc) is 2.10. The van der Waals surface area contributed by atoms with E-state index in [-0.39, 0.29) is 5.75 Å². The summed E-state index contributed by atoms with van der Waals surface area (Å²) in [5.41, 5.74) is 0. The Bertz CT molecular complexity index is 218. The van der Waals surface area contributed by atoms with Gasteiger partial charge in [0.2, 0.25) is 10.0 Å². The number of likely N-dealkylation sites (N-methyl/N-ethyl adjacent to an activating group) is 1. The SMILES string of the molecule is COCCN(C)S(=O)(=O)CCCCl. The molecule has 0 aliphatic rings. The van der Waals surface area contributed by atoms with E-state index in [4.69, 9.17) is 16.3 Å². The summed E-state index contributed by atoms with van der Waals surface area (Å²) in [6.07, 6.45) is 0.487. The molecule has 0 N–H and O–H groups in total. The molecule has 13 heavy (non-hydrogen) atoms. The first kappa shape index (κ1) is 13.2. The Morgan fingerprint density at radius 2 is 2.08 bits per heavy atom.